The van der Waals surface area contributed by atoms with E-state index in [9.17, 15) is 0 Å². The first kappa shape index (κ1) is 34.7. The van der Waals surface area contributed by atoms with Crippen LogP contribution in [0.1, 0.15) is 111 Å². The van der Waals surface area contributed by atoms with Crippen molar-refractivity contribution < 1.29 is 32.3 Å². The zero-order valence-corrected chi connectivity index (χ0v) is 30.6. The minimum atomic E-state index is -1.19. The van der Waals surface area contributed by atoms with Gasteiger partial charge in [-0.1, -0.05) is 0 Å². The van der Waals surface area contributed by atoms with Crippen molar-refractivity contribution in [2.24, 2.45) is 0 Å². The van der Waals surface area contributed by atoms with Crippen LogP contribution in [-0.4, -0.2) is 22.6 Å². The largest absolute Gasteiger partial charge is 1.00 e. The van der Waals surface area contributed by atoms with Crippen molar-refractivity contribution in [2.45, 2.75) is 111 Å². The van der Waals surface area contributed by atoms with Gasteiger partial charge in [0.05, 0.1) is 0 Å². The monoisotopic (exact) mass is 736 g/mol. The fourth-order valence-corrected chi connectivity index (χ4v) is 23.7. The standard InChI is InChI=1S/2C17H24P.2FH.Hf/c2*1-5-13(3)18(14(4)6-2)17-11-15-9-7-8-10-16(15)12-17;;;/h2*7-14H,5-6H2,1-4H3;2*1H;/q;;;;+2/p-2. The van der Waals surface area contributed by atoms with Crippen LogP contribution >= 0.6 is 15.8 Å². The SMILES string of the molecule is CCC(C)P(C1=Cc2ccccc2[CH]1[Hf+2][CH]1C(P(C(C)CC)C(C)CC)=Cc2ccccc21)C(C)CC.[F-].[F-]. The van der Waals surface area contributed by atoms with Gasteiger partial charge in [-0.25, -0.2) is 0 Å². The molecule has 212 valence electrons. The minimum absolute atomic E-state index is 0. The van der Waals surface area contributed by atoms with E-state index in [0.29, 0.717) is 0 Å². The van der Waals surface area contributed by atoms with E-state index >= 15 is 0 Å². The molecular weight excluding hydrogens is 687 g/mol. The average molecular weight is 735 g/mol. The van der Waals surface area contributed by atoms with Crippen LogP contribution in [-0.2, 0) is 22.9 Å². The summed E-state index contributed by atoms with van der Waals surface area (Å²) in [4.78, 5) is 0. The molecule has 5 heteroatoms. The van der Waals surface area contributed by atoms with Crippen LogP contribution in [0.3, 0.4) is 0 Å². The maximum Gasteiger partial charge on any atom is -1.00 e. The third kappa shape index (κ3) is 7.12. The summed E-state index contributed by atoms with van der Waals surface area (Å²) in [5, 5.41) is 3.76. The Morgan fingerprint density at radius 3 is 1.18 bits per heavy atom. The van der Waals surface area contributed by atoms with E-state index in [1.807, 2.05) is 10.6 Å². The van der Waals surface area contributed by atoms with Gasteiger partial charge in [0.1, 0.15) is 0 Å². The maximum absolute atomic E-state index is 2.69. The number of hydrogen-bond donors (Lipinski definition) is 0. The van der Waals surface area contributed by atoms with Crippen molar-refractivity contribution >= 4 is 28.0 Å². The van der Waals surface area contributed by atoms with Crippen molar-refractivity contribution in [3.63, 3.8) is 0 Å². The Kier molecular flexibility index (Phi) is 13.9. The predicted molar refractivity (Wildman–Crippen MR) is 167 cm³/mol. The molecule has 2 aliphatic carbocycles. The van der Waals surface area contributed by atoms with Gasteiger partial charge in [0.2, 0.25) is 0 Å². The van der Waals surface area contributed by atoms with E-state index in [-0.39, 0.29) is 25.3 Å². The van der Waals surface area contributed by atoms with Gasteiger partial charge >= 0.3 is 243 Å². The quantitative estimate of drug-likeness (QED) is 0.202. The summed E-state index contributed by atoms with van der Waals surface area (Å²) in [7, 11) is -0.245. The maximum atomic E-state index is 2.69. The number of hydrogen-bond acceptors (Lipinski definition) is 0. The van der Waals surface area contributed by atoms with Crippen molar-refractivity contribution in [1.82, 2.24) is 0 Å². The molecule has 4 rings (SSSR count). The molecule has 0 heterocycles. The van der Waals surface area contributed by atoms with Crippen LogP contribution in [0.4, 0.5) is 0 Å². The van der Waals surface area contributed by atoms with Gasteiger partial charge in [0.25, 0.3) is 0 Å². The molecule has 0 saturated heterocycles. The number of benzene rings is 2. The molecule has 0 bridgehead atoms. The van der Waals surface area contributed by atoms with Gasteiger partial charge in [0, 0.05) is 0 Å². The zero-order chi connectivity index (χ0) is 26.7. The summed E-state index contributed by atoms with van der Waals surface area (Å²) in [6.07, 6.45) is 10.6. The summed E-state index contributed by atoms with van der Waals surface area (Å²) < 4.78 is 1.49. The second-order valence-corrected chi connectivity index (χ2v) is 22.8. The molecule has 2 aromatic rings. The Hall–Kier alpha value is -0.490. The summed E-state index contributed by atoms with van der Waals surface area (Å²) in [6, 6.07) is 18.9. The van der Waals surface area contributed by atoms with Crippen LogP contribution in [0.2, 0.25) is 0 Å². The van der Waals surface area contributed by atoms with Crippen LogP contribution in [0.15, 0.2) is 59.2 Å². The van der Waals surface area contributed by atoms with E-state index in [1.54, 1.807) is 11.1 Å². The molecule has 0 fully saturated rings. The summed E-state index contributed by atoms with van der Waals surface area (Å²) in [5.74, 6) is 0. The van der Waals surface area contributed by atoms with Crippen LogP contribution < -0.4 is 9.41 Å². The van der Waals surface area contributed by atoms with E-state index < -0.39 is 22.9 Å². The number of halogens is 2. The number of rotatable bonds is 12. The Morgan fingerprint density at radius 1 is 0.564 bits per heavy atom. The molecule has 39 heavy (non-hydrogen) atoms. The molecule has 2 aliphatic rings. The molecule has 0 nitrogen and oxygen atoms in total. The van der Waals surface area contributed by atoms with E-state index in [1.165, 1.54) is 36.8 Å². The molecule has 0 N–H and O–H groups in total. The van der Waals surface area contributed by atoms with E-state index in [0.717, 1.165) is 30.0 Å². The van der Waals surface area contributed by atoms with Gasteiger partial charge in [-0.3, -0.25) is 0 Å². The van der Waals surface area contributed by atoms with Gasteiger partial charge in [0.15, 0.2) is 0 Å². The minimum Gasteiger partial charge on any atom is -1.00 e. The van der Waals surface area contributed by atoms with Gasteiger partial charge in [-0.15, -0.1) is 0 Å². The number of fused-ring (bicyclic) bond motifs is 2. The molecule has 0 spiro atoms. The van der Waals surface area contributed by atoms with Gasteiger partial charge in [-0.05, 0) is 0 Å². The number of allylic oxidation sites excluding steroid dienone is 2. The normalized spacial score (nSPS) is 21.9. The van der Waals surface area contributed by atoms with Crippen LogP contribution in [0.5, 0.6) is 0 Å². The van der Waals surface area contributed by atoms with E-state index in [4.69, 9.17) is 0 Å². The topological polar surface area (TPSA) is 0 Å². The molecule has 0 radical (unpaired) electrons. The first-order chi connectivity index (χ1) is 17.9. The van der Waals surface area contributed by atoms with Crippen LogP contribution in [0, 0.1) is 0 Å². The van der Waals surface area contributed by atoms with Crippen molar-refractivity contribution in [3.05, 3.63) is 81.4 Å². The summed E-state index contributed by atoms with van der Waals surface area (Å²) in [6.45, 7) is 19.9. The average Bonchev–Trinajstić information content (AvgIpc) is 3.46. The summed E-state index contributed by atoms with van der Waals surface area (Å²) in [5.41, 5.74) is 9.66. The molecule has 0 amide bonds. The molecule has 0 saturated carbocycles. The Morgan fingerprint density at radius 2 is 0.872 bits per heavy atom. The second kappa shape index (κ2) is 15.7. The first-order valence-electron chi connectivity index (χ1n) is 14.8. The predicted octanol–water partition coefficient (Wildman–Crippen LogP) is 5.43. The zero-order valence-electron chi connectivity index (χ0n) is 25.2. The Labute approximate surface area is 251 Å². The van der Waals surface area contributed by atoms with Crippen LogP contribution in [0.25, 0.3) is 12.2 Å². The third-order valence-corrected chi connectivity index (χ3v) is 24.8. The molecule has 2 aromatic carbocycles. The second-order valence-electron chi connectivity index (χ2n) is 11.3. The van der Waals surface area contributed by atoms with Gasteiger partial charge < -0.3 is 9.41 Å². The van der Waals surface area contributed by atoms with Crippen molar-refractivity contribution in [3.8, 4) is 0 Å². The Balaban J connectivity index is 0.00000267. The van der Waals surface area contributed by atoms with Gasteiger partial charge in [-0.2, -0.15) is 0 Å². The van der Waals surface area contributed by atoms with E-state index in [2.05, 4.69) is 116 Å². The van der Waals surface area contributed by atoms with Crippen molar-refractivity contribution in [2.75, 3.05) is 0 Å². The first-order valence-corrected chi connectivity index (χ1v) is 21.9. The fourth-order valence-electron chi connectivity index (χ4n) is 6.25. The van der Waals surface area contributed by atoms with Crippen molar-refractivity contribution in [1.29, 1.82) is 0 Å². The molecule has 0 aliphatic heterocycles. The third-order valence-electron chi connectivity index (χ3n) is 9.00. The molecule has 0 aromatic heterocycles. The molecule has 6 atom stereocenters. The fraction of sp³-hybridized carbons (Fsp3) is 0.529. The molecule has 6 unspecified atom stereocenters. The summed E-state index contributed by atoms with van der Waals surface area (Å²) >= 11 is -1.19. The molecular formula is C34H48F2HfP2. The Bertz CT molecular complexity index is 1020. The smallest absolute Gasteiger partial charge is 1.00 e.